The van der Waals surface area contributed by atoms with E-state index >= 15 is 0 Å². The van der Waals surface area contributed by atoms with Crippen molar-refractivity contribution in [2.24, 2.45) is 0 Å². The molecule has 2 aromatic rings. The zero-order chi connectivity index (χ0) is 13.8. The molecule has 1 saturated heterocycles. The summed E-state index contributed by atoms with van der Waals surface area (Å²) in [6.45, 7) is 3.48. The highest BCUT2D eigenvalue weighted by Gasteiger charge is 2.21. The molecule has 0 spiro atoms. The van der Waals surface area contributed by atoms with Crippen LogP contribution in [0.25, 0.3) is 0 Å². The minimum atomic E-state index is 0.706. The summed E-state index contributed by atoms with van der Waals surface area (Å²) in [5.74, 6) is 0.706. The Hall–Kier alpha value is -1.12. The molecule has 0 atom stereocenters. The van der Waals surface area contributed by atoms with Crippen LogP contribution in [0.15, 0.2) is 59.1 Å². The van der Waals surface area contributed by atoms with E-state index in [0.717, 1.165) is 6.54 Å². The number of nitrogens with zero attached hydrogens (tertiary/aromatic N) is 1. The third-order valence-electron chi connectivity index (χ3n) is 4.18. The van der Waals surface area contributed by atoms with Crippen LogP contribution in [0.2, 0.25) is 0 Å². The normalized spacial score (nSPS) is 17.2. The number of hydrogen-bond acceptors (Lipinski definition) is 1. The minimum absolute atomic E-state index is 0.706. The molecule has 0 saturated carbocycles. The molecule has 1 aliphatic heterocycles. The first-order valence-electron chi connectivity index (χ1n) is 7.33. The number of piperidine rings is 1. The van der Waals surface area contributed by atoms with Gasteiger partial charge in [-0.15, -0.1) is 0 Å². The first kappa shape index (κ1) is 13.8. The van der Waals surface area contributed by atoms with Crippen molar-refractivity contribution in [1.82, 2.24) is 4.90 Å². The van der Waals surface area contributed by atoms with E-state index in [1.807, 2.05) is 0 Å². The van der Waals surface area contributed by atoms with Crippen molar-refractivity contribution in [3.63, 3.8) is 0 Å². The standard InChI is InChI=1S/C18H20BrN/c19-18-9-5-4-8-17(18)16-10-12-20(13-11-16)14-15-6-2-1-3-7-15/h1-9,16H,10-14H2. The van der Waals surface area contributed by atoms with E-state index in [9.17, 15) is 0 Å². The average molecular weight is 330 g/mol. The lowest BCUT2D eigenvalue weighted by Gasteiger charge is -2.32. The van der Waals surface area contributed by atoms with Crippen molar-refractivity contribution in [3.8, 4) is 0 Å². The van der Waals surface area contributed by atoms with E-state index in [0.29, 0.717) is 5.92 Å². The molecule has 0 aliphatic carbocycles. The molecule has 2 heteroatoms. The summed E-state index contributed by atoms with van der Waals surface area (Å²) < 4.78 is 1.27. The summed E-state index contributed by atoms with van der Waals surface area (Å²) in [7, 11) is 0. The van der Waals surface area contributed by atoms with Gasteiger partial charge in [0.05, 0.1) is 0 Å². The van der Waals surface area contributed by atoms with Gasteiger partial charge in [0.1, 0.15) is 0 Å². The molecular formula is C18H20BrN. The number of hydrogen-bond donors (Lipinski definition) is 0. The van der Waals surface area contributed by atoms with Crippen molar-refractivity contribution >= 4 is 15.9 Å². The van der Waals surface area contributed by atoms with Crippen LogP contribution >= 0.6 is 15.9 Å². The second-order valence-electron chi connectivity index (χ2n) is 5.56. The molecule has 0 bridgehead atoms. The van der Waals surface area contributed by atoms with Crippen LogP contribution in [0.3, 0.4) is 0 Å². The van der Waals surface area contributed by atoms with E-state index in [-0.39, 0.29) is 0 Å². The third-order valence-corrected chi connectivity index (χ3v) is 4.90. The Morgan fingerprint density at radius 3 is 2.25 bits per heavy atom. The molecule has 1 nitrogen and oxygen atoms in total. The highest BCUT2D eigenvalue weighted by atomic mass is 79.9. The fraction of sp³-hybridized carbons (Fsp3) is 0.333. The highest BCUT2D eigenvalue weighted by molar-refractivity contribution is 9.10. The van der Waals surface area contributed by atoms with Crippen LogP contribution in [-0.4, -0.2) is 18.0 Å². The average Bonchev–Trinajstić information content (AvgIpc) is 2.50. The zero-order valence-corrected chi connectivity index (χ0v) is 13.2. The molecule has 20 heavy (non-hydrogen) atoms. The maximum absolute atomic E-state index is 3.69. The van der Waals surface area contributed by atoms with Crippen LogP contribution in [0.1, 0.15) is 29.9 Å². The van der Waals surface area contributed by atoms with Crippen molar-refractivity contribution in [2.45, 2.75) is 25.3 Å². The summed E-state index contributed by atoms with van der Waals surface area (Å²) in [5.41, 5.74) is 2.90. The van der Waals surface area contributed by atoms with E-state index in [1.54, 1.807) is 0 Å². The molecule has 3 rings (SSSR count). The molecule has 0 aromatic heterocycles. The van der Waals surface area contributed by atoms with Crippen molar-refractivity contribution in [3.05, 3.63) is 70.2 Å². The molecular weight excluding hydrogens is 310 g/mol. The first-order chi connectivity index (χ1) is 9.83. The van der Waals surface area contributed by atoms with Gasteiger partial charge in [-0.05, 0) is 49.0 Å². The quantitative estimate of drug-likeness (QED) is 0.779. The number of rotatable bonds is 3. The van der Waals surface area contributed by atoms with Gasteiger partial charge in [0, 0.05) is 11.0 Å². The van der Waals surface area contributed by atoms with Crippen LogP contribution in [0, 0.1) is 0 Å². The summed E-state index contributed by atoms with van der Waals surface area (Å²) in [6, 6.07) is 19.5. The Balaban J connectivity index is 1.59. The fourth-order valence-corrected chi connectivity index (χ4v) is 3.66. The third kappa shape index (κ3) is 3.31. The van der Waals surface area contributed by atoms with Gasteiger partial charge in [-0.25, -0.2) is 0 Å². The molecule has 1 fully saturated rings. The Labute approximate surface area is 129 Å². The van der Waals surface area contributed by atoms with E-state index in [4.69, 9.17) is 0 Å². The lowest BCUT2D eigenvalue weighted by Crippen LogP contribution is -2.32. The fourth-order valence-electron chi connectivity index (χ4n) is 3.05. The van der Waals surface area contributed by atoms with Crippen LogP contribution in [-0.2, 0) is 6.54 Å². The predicted molar refractivity (Wildman–Crippen MR) is 87.8 cm³/mol. The summed E-state index contributed by atoms with van der Waals surface area (Å²) in [6.07, 6.45) is 2.52. The van der Waals surface area contributed by atoms with Crippen LogP contribution < -0.4 is 0 Å². The molecule has 0 N–H and O–H groups in total. The van der Waals surface area contributed by atoms with Crippen molar-refractivity contribution in [2.75, 3.05) is 13.1 Å². The molecule has 2 aromatic carbocycles. The first-order valence-corrected chi connectivity index (χ1v) is 8.13. The SMILES string of the molecule is Brc1ccccc1C1CCN(Cc2ccccc2)CC1. The maximum atomic E-state index is 3.69. The largest absolute Gasteiger partial charge is 0.299 e. The summed E-state index contributed by atoms with van der Waals surface area (Å²) in [5, 5.41) is 0. The molecule has 0 amide bonds. The van der Waals surface area contributed by atoms with E-state index < -0.39 is 0 Å². The molecule has 1 aliphatic rings. The molecule has 0 unspecified atom stereocenters. The van der Waals surface area contributed by atoms with Gasteiger partial charge < -0.3 is 0 Å². The van der Waals surface area contributed by atoms with Crippen molar-refractivity contribution < 1.29 is 0 Å². The smallest absolute Gasteiger partial charge is 0.0233 e. The molecule has 0 radical (unpaired) electrons. The topological polar surface area (TPSA) is 3.24 Å². The zero-order valence-electron chi connectivity index (χ0n) is 11.6. The monoisotopic (exact) mass is 329 g/mol. The van der Waals surface area contributed by atoms with Gasteiger partial charge in [-0.2, -0.15) is 0 Å². The van der Waals surface area contributed by atoms with E-state index in [1.165, 1.54) is 41.5 Å². The van der Waals surface area contributed by atoms with Gasteiger partial charge in [0.15, 0.2) is 0 Å². The lowest BCUT2D eigenvalue weighted by molar-refractivity contribution is 0.204. The Morgan fingerprint density at radius 2 is 1.55 bits per heavy atom. The Bertz CT molecular complexity index is 544. The molecule has 1 heterocycles. The van der Waals surface area contributed by atoms with Crippen LogP contribution in [0.5, 0.6) is 0 Å². The summed E-state index contributed by atoms with van der Waals surface area (Å²) >= 11 is 3.69. The number of benzene rings is 2. The minimum Gasteiger partial charge on any atom is -0.299 e. The number of likely N-dealkylation sites (tertiary alicyclic amines) is 1. The number of halogens is 1. The predicted octanol–water partition coefficient (Wildman–Crippen LogP) is 4.83. The molecule has 104 valence electrons. The lowest BCUT2D eigenvalue weighted by atomic mass is 9.89. The highest BCUT2D eigenvalue weighted by Crippen LogP contribution is 2.33. The van der Waals surface area contributed by atoms with Gasteiger partial charge in [0.25, 0.3) is 0 Å². The van der Waals surface area contributed by atoms with Gasteiger partial charge in [-0.1, -0.05) is 64.5 Å². The van der Waals surface area contributed by atoms with Gasteiger partial charge in [-0.3, -0.25) is 4.90 Å². The van der Waals surface area contributed by atoms with Crippen molar-refractivity contribution in [1.29, 1.82) is 0 Å². The summed E-state index contributed by atoms with van der Waals surface area (Å²) in [4.78, 5) is 2.57. The van der Waals surface area contributed by atoms with E-state index in [2.05, 4.69) is 75.4 Å². The van der Waals surface area contributed by atoms with Gasteiger partial charge >= 0.3 is 0 Å². The second kappa shape index (κ2) is 6.55. The van der Waals surface area contributed by atoms with Crippen LogP contribution in [0.4, 0.5) is 0 Å². The maximum Gasteiger partial charge on any atom is 0.0233 e. The Kier molecular flexibility index (Phi) is 4.54. The van der Waals surface area contributed by atoms with Gasteiger partial charge in [0.2, 0.25) is 0 Å². The Morgan fingerprint density at radius 1 is 0.900 bits per heavy atom. The second-order valence-corrected chi connectivity index (χ2v) is 6.41.